The number of ether oxygens (including phenoxy) is 2. The first kappa shape index (κ1) is 25.0. The Hall–Kier alpha value is -1.06. The van der Waals surface area contributed by atoms with Gasteiger partial charge in [0, 0.05) is 53.0 Å². The molecule has 0 bridgehead atoms. The molecule has 0 unspecified atom stereocenters. The first-order valence-corrected chi connectivity index (χ1v) is 10.1. The molecule has 0 atom stereocenters. The van der Waals surface area contributed by atoms with Gasteiger partial charge in [-0.15, -0.1) is 24.0 Å². The second-order valence-electron chi connectivity index (χ2n) is 7.07. The molecule has 1 aromatic carbocycles. The van der Waals surface area contributed by atoms with Crippen molar-refractivity contribution >= 4 is 29.9 Å². The number of aryl methyl sites for hydroxylation is 1. The van der Waals surface area contributed by atoms with Crippen LogP contribution in [-0.2, 0) is 4.74 Å². The van der Waals surface area contributed by atoms with E-state index in [0.717, 1.165) is 70.2 Å². The highest BCUT2D eigenvalue weighted by molar-refractivity contribution is 14.0. The summed E-state index contributed by atoms with van der Waals surface area (Å²) in [5.41, 5.74) is 1.18. The summed E-state index contributed by atoms with van der Waals surface area (Å²) in [7, 11) is 3.60. The zero-order chi connectivity index (χ0) is 19.3. The van der Waals surface area contributed by atoms with Crippen LogP contribution in [0.25, 0.3) is 0 Å². The first-order valence-electron chi connectivity index (χ1n) is 10.1. The lowest BCUT2D eigenvalue weighted by atomic mass is 10.1. The topological polar surface area (TPSA) is 58.1 Å². The Morgan fingerprint density at radius 3 is 2.61 bits per heavy atom. The number of guanidine groups is 1. The van der Waals surface area contributed by atoms with Crippen LogP contribution in [-0.4, -0.2) is 70.5 Å². The Bertz CT molecular complexity index is 563. The lowest BCUT2D eigenvalue weighted by molar-refractivity contribution is 0.155. The van der Waals surface area contributed by atoms with Crippen molar-refractivity contribution in [2.24, 2.45) is 4.99 Å². The number of likely N-dealkylation sites (tertiary alicyclic amines) is 1. The monoisotopic (exact) mass is 504 g/mol. The minimum Gasteiger partial charge on any atom is -0.493 e. The van der Waals surface area contributed by atoms with E-state index in [0.29, 0.717) is 12.6 Å². The summed E-state index contributed by atoms with van der Waals surface area (Å²) < 4.78 is 11.0. The molecule has 1 aromatic rings. The second-order valence-corrected chi connectivity index (χ2v) is 7.07. The standard InChI is InChI=1S/C21H36N4O2.HI/c1-18-8-4-5-9-20(18)27-17-6-12-23-21(22-2)24-19-10-14-25(15-11-19)13-7-16-26-3;/h4-5,8-9,19H,6-7,10-17H2,1-3H3,(H2,22,23,24);1H. The fraction of sp³-hybridized carbons (Fsp3) is 0.667. The Morgan fingerprint density at radius 2 is 1.93 bits per heavy atom. The van der Waals surface area contributed by atoms with Crippen molar-refractivity contribution in [1.82, 2.24) is 15.5 Å². The number of nitrogens with zero attached hydrogens (tertiary/aromatic N) is 2. The van der Waals surface area contributed by atoms with Gasteiger partial charge in [0.05, 0.1) is 6.61 Å². The molecule has 1 heterocycles. The highest BCUT2D eigenvalue weighted by Crippen LogP contribution is 2.16. The predicted molar refractivity (Wildman–Crippen MR) is 127 cm³/mol. The van der Waals surface area contributed by atoms with Crippen LogP contribution in [0.4, 0.5) is 0 Å². The summed E-state index contributed by atoms with van der Waals surface area (Å²) in [6.07, 6.45) is 4.36. The third-order valence-corrected chi connectivity index (χ3v) is 4.94. The van der Waals surface area contributed by atoms with Gasteiger partial charge < -0.3 is 25.0 Å². The van der Waals surface area contributed by atoms with Crippen molar-refractivity contribution in [2.45, 2.75) is 38.6 Å². The number of halogens is 1. The molecule has 2 N–H and O–H groups in total. The van der Waals surface area contributed by atoms with Crippen LogP contribution >= 0.6 is 24.0 Å². The van der Waals surface area contributed by atoms with Crippen molar-refractivity contribution < 1.29 is 9.47 Å². The van der Waals surface area contributed by atoms with E-state index in [1.165, 1.54) is 5.56 Å². The van der Waals surface area contributed by atoms with Crippen LogP contribution in [0.5, 0.6) is 5.75 Å². The van der Waals surface area contributed by atoms with Gasteiger partial charge in [-0.1, -0.05) is 18.2 Å². The first-order chi connectivity index (χ1) is 13.2. The zero-order valence-corrected chi connectivity index (χ0v) is 19.9. The van der Waals surface area contributed by atoms with Crippen LogP contribution in [0.2, 0.25) is 0 Å². The number of hydrogen-bond acceptors (Lipinski definition) is 4. The van der Waals surface area contributed by atoms with Gasteiger partial charge in [0.1, 0.15) is 5.75 Å². The molecule has 160 valence electrons. The Morgan fingerprint density at radius 1 is 1.18 bits per heavy atom. The summed E-state index contributed by atoms with van der Waals surface area (Å²) in [4.78, 5) is 6.88. The largest absolute Gasteiger partial charge is 0.493 e. The maximum Gasteiger partial charge on any atom is 0.191 e. The van der Waals surface area contributed by atoms with Crippen LogP contribution in [0.15, 0.2) is 29.3 Å². The molecular formula is C21H37IN4O2. The second kappa shape index (κ2) is 14.9. The molecule has 1 fully saturated rings. The number of nitrogens with one attached hydrogen (secondary N) is 2. The van der Waals surface area contributed by atoms with Crippen LogP contribution in [0.3, 0.4) is 0 Å². The molecule has 7 heteroatoms. The lowest BCUT2D eigenvalue weighted by Crippen LogP contribution is -2.49. The summed E-state index contributed by atoms with van der Waals surface area (Å²) in [5, 5.41) is 6.96. The SMILES string of the molecule is CN=C(NCCCOc1ccccc1C)NC1CCN(CCCOC)CC1.I. The number of aliphatic imine (C=N–C) groups is 1. The number of hydrogen-bond donors (Lipinski definition) is 2. The quantitative estimate of drug-likeness (QED) is 0.222. The van der Waals surface area contributed by atoms with Crippen molar-refractivity contribution in [2.75, 3.05) is 53.6 Å². The van der Waals surface area contributed by atoms with E-state index in [9.17, 15) is 0 Å². The molecule has 0 amide bonds. The number of benzene rings is 1. The Kier molecular flexibility index (Phi) is 13.3. The van der Waals surface area contributed by atoms with Gasteiger partial charge in [-0.05, 0) is 44.2 Å². The summed E-state index contributed by atoms with van der Waals surface area (Å²) in [5.74, 6) is 1.86. The van der Waals surface area contributed by atoms with E-state index < -0.39 is 0 Å². The molecule has 1 aliphatic heterocycles. The number of methoxy groups -OCH3 is 1. The van der Waals surface area contributed by atoms with Crippen LogP contribution in [0.1, 0.15) is 31.2 Å². The number of piperidine rings is 1. The van der Waals surface area contributed by atoms with Gasteiger partial charge >= 0.3 is 0 Å². The fourth-order valence-corrected chi connectivity index (χ4v) is 3.30. The highest BCUT2D eigenvalue weighted by Gasteiger charge is 2.19. The van der Waals surface area contributed by atoms with E-state index in [1.54, 1.807) is 7.11 Å². The average molecular weight is 504 g/mol. The fourth-order valence-electron chi connectivity index (χ4n) is 3.30. The van der Waals surface area contributed by atoms with Crippen LogP contribution < -0.4 is 15.4 Å². The highest BCUT2D eigenvalue weighted by atomic mass is 127. The molecule has 28 heavy (non-hydrogen) atoms. The van der Waals surface area contributed by atoms with Gasteiger partial charge in [-0.3, -0.25) is 4.99 Å². The summed E-state index contributed by atoms with van der Waals surface area (Å²) >= 11 is 0. The third-order valence-electron chi connectivity index (χ3n) is 4.94. The molecule has 0 radical (unpaired) electrons. The van der Waals surface area contributed by atoms with Gasteiger partial charge in [0.15, 0.2) is 5.96 Å². The summed E-state index contributed by atoms with van der Waals surface area (Å²) in [6, 6.07) is 8.63. The molecular weight excluding hydrogens is 467 g/mol. The average Bonchev–Trinajstić information content (AvgIpc) is 2.69. The minimum atomic E-state index is 0. The molecule has 2 rings (SSSR count). The molecule has 6 nitrogen and oxygen atoms in total. The van der Waals surface area contributed by atoms with Gasteiger partial charge in [-0.25, -0.2) is 0 Å². The molecule has 1 saturated heterocycles. The van der Waals surface area contributed by atoms with E-state index in [1.807, 2.05) is 25.2 Å². The molecule has 0 saturated carbocycles. The Labute approximate surface area is 187 Å². The van der Waals surface area contributed by atoms with Crippen molar-refractivity contribution in [3.63, 3.8) is 0 Å². The van der Waals surface area contributed by atoms with Crippen molar-refractivity contribution in [1.29, 1.82) is 0 Å². The molecule has 0 aromatic heterocycles. The summed E-state index contributed by atoms with van der Waals surface area (Å²) in [6.45, 7) is 7.89. The molecule has 0 spiro atoms. The van der Waals surface area contributed by atoms with Gasteiger partial charge in [0.25, 0.3) is 0 Å². The number of para-hydroxylation sites is 1. The smallest absolute Gasteiger partial charge is 0.191 e. The third kappa shape index (κ3) is 9.43. The molecule has 1 aliphatic rings. The lowest BCUT2D eigenvalue weighted by Gasteiger charge is -2.33. The van der Waals surface area contributed by atoms with Gasteiger partial charge in [0.2, 0.25) is 0 Å². The van der Waals surface area contributed by atoms with E-state index in [-0.39, 0.29) is 24.0 Å². The maximum atomic E-state index is 5.84. The normalized spacial score (nSPS) is 15.8. The van der Waals surface area contributed by atoms with Crippen molar-refractivity contribution in [3.8, 4) is 5.75 Å². The Balaban J connectivity index is 0.00000392. The van der Waals surface area contributed by atoms with Crippen LogP contribution in [0, 0.1) is 6.92 Å². The predicted octanol–water partition coefficient (Wildman–Crippen LogP) is 3.05. The van der Waals surface area contributed by atoms with E-state index in [2.05, 4.69) is 33.5 Å². The minimum absolute atomic E-state index is 0. The zero-order valence-electron chi connectivity index (χ0n) is 17.6. The number of rotatable bonds is 10. The van der Waals surface area contributed by atoms with E-state index in [4.69, 9.17) is 9.47 Å². The maximum absolute atomic E-state index is 5.84. The van der Waals surface area contributed by atoms with Crippen molar-refractivity contribution in [3.05, 3.63) is 29.8 Å². The van der Waals surface area contributed by atoms with Gasteiger partial charge in [-0.2, -0.15) is 0 Å². The van der Waals surface area contributed by atoms with E-state index >= 15 is 0 Å². The molecule has 0 aliphatic carbocycles.